The Hall–Kier alpha value is -3.26. The minimum absolute atomic E-state index is 0.155. The first-order valence-corrected chi connectivity index (χ1v) is 10.6. The molecule has 4 rings (SSSR count). The van der Waals surface area contributed by atoms with E-state index in [1.54, 1.807) is 12.4 Å². The minimum atomic E-state index is 0.155. The summed E-state index contributed by atoms with van der Waals surface area (Å²) in [6, 6.07) is 11.9. The lowest BCUT2D eigenvalue weighted by Crippen LogP contribution is -2.51. The number of anilines is 1. The number of hydrogen-bond donors (Lipinski definition) is 0. The smallest absolute Gasteiger partial charge is 0.236 e. The third-order valence-corrected chi connectivity index (χ3v) is 5.74. The molecule has 162 valence electrons. The lowest BCUT2D eigenvalue weighted by atomic mass is 10.2. The second-order valence-corrected chi connectivity index (χ2v) is 7.99. The molecule has 1 saturated heterocycles. The molecular formula is C23H29N7O. The molecule has 8 nitrogen and oxygen atoms in total. The van der Waals surface area contributed by atoms with Crippen LogP contribution in [0.4, 0.5) is 5.95 Å². The monoisotopic (exact) mass is 419 g/mol. The largest absolute Gasteiger partial charge is 0.338 e. The van der Waals surface area contributed by atoms with E-state index in [1.807, 2.05) is 47.8 Å². The van der Waals surface area contributed by atoms with Gasteiger partial charge in [0.1, 0.15) is 0 Å². The van der Waals surface area contributed by atoms with Crippen molar-refractivity contribution in [2.45, 2.75) is 20.4 Å². The third kappa shape index (κ3) is 4.74. The van der Waals surface area contributed by atoms with Crippen molar-refractivity contribution >= 4 is 11.9 Å². The predicted molar refractivity (Wildman–Crippen MR) is 120 cm³/mol. The van der Waals surface area contributed by atoms with E-state index in [-0.39, 0.29) is 5.91 Å². The van der Waals surface area contributed by atoms with Gasteiger partial charge < -0.3 is 9.80 Å². The quantitative estimate of drug-likeness (QED) is 0.609. The topological polar surface area (TPSA) is 70.4 Å². The van der Waals surface area contributed by atoms with Crippen LogP contribution in [0.15, 0.2) is 48.8 Å². The zero-order valence-electron chi connectivity index (χ0n) is 18.4. The molecule has 0 N–H and O–H groups in total. The van der Waals surface area contributed by atoms with Gasteiger partial charge >= 0.3 is 0 Å². The summed E-state index contributed by atoms with van der Waals surface area (Å²) in [6.07, 6.45) is 3.50. The molecule has 0 radical (unpaired) electrons. The number of benzene rings is 1. The van der Waals surface area contributed by atoms with Gasteiger partial charge in [-0.05, 0) is 39.1 Å². The number of nitrogens with zero attached hydrogens (tertiary/aromatic N) is 7. The second kappa shape index (κ2) is 9.26. The number of para-hydroxylation sites is 1. The van der Waals surface area contributed by atoms with E-state index in [1.165, 1.54) is 5.56 Å². The van der Waals surface area contributed by atoms with Crippen molar-refractivity contribution in [3.63, 3.8) is 0 Å². The zero-order valence-corrected chi connectivity index (χ0v) is 18.4. The molecule has 0 atom stereocenters. The van der Waals surface area contributed by atoms with E-state index in [2.05, 4.69) is 38.8 Å². The average Bonchev–Trinajstić information content (AvgIpc) is 3.08. The van der Waals surface area contributed by atoms with E-state index >= 15 is 0 Å². The van der Waals surface area contributed by atoms with Gasteiger partial charge in [0.25, 0.3) is 0 Å². The Morgan fingerprint density at radius 3 is 2.35 bits per heavy atom. The molecule has 1 aromatic carbocycles. The summed E-state index contributed by atoms with van der Waals surface area (Å²) in [5.41, 5.74) is 4.33. The van der Waals surface area contributed by atoms with Crippen LogP contribution in [0.2, 0.25) is 0 Å². The number of hydrogen-bond acceptors (Lipinski definition) is 6. The Bertz CT molecular complexity index is 1010. The molecule has 3 aromatic rings. The summed E-state index contributed by atoms with van der Waals surface area (Å²) in [5, 5.41) is 4.72. The van der Waals surface area contributed by atoms with E-state index in [0.29, 0.717) is 26.2 Å². The molecule has 0 unspecified atom stereocenters. The number of aryl methyl sites for hydroxylation is 1. The molecule has 0 saturated carbocycles. The predicted octanol–water partition coefficient (Wildman–Crippen LogP) is 2.06. The van der Waals surface area contributed by atoms with Crippen LogP contribution < -0.4 is 4.90 Å². The van der Waals surface area contributed by atoms with Gasteiger partial charge in [-0.1, -0.05) is 18.2 Å². The highest BCUT2D eigenvalue weighted by Gasteiger charge is 2.24. The highest BCUT2D eigenvalue weighted by Crippen LogP contribution is 2.19. The number of carbonyl (C=O) groups excluding carboxylic acids is 1. The average molecular weight is 420 g/mol. The molecule has 1 aliphatic heterocycles. The van der Waals surface area contributed by atoms with Gasteiger partial charge in [-0.3, -0.25) is 9.69 Å². The van der Waals surface area contributed by atoms with Gasteiger partial charge in [0, 0.05) is 56.4 Å². The third-order valence-electron chi connectivity index (χ3n) is 5.74. The maximum absolute atomic E-state index is 12.9. The number of piperazine rings is 1. The van der Waals surface area contributed by atoms with Crippen LogP contribution in [-0.2, 0) is 11.3 Å². The molecule has 0 bridgehead atoms. The normalized spacial score (nSPS) is 14.3. The maximum atomic E-state index is 12.9. The molecule has 31 heavy (non-hydrogen) atoms. The molecule has 8 heteroatoms. The molecule has 1 aliphatic rings. The summed E-state index contributed by atoms with van der Waals surface area (Å²) in [6.45, 7) is 8.07. The molecule has 3 heterocycles. The number of likely N-dealkylation sites (N-methyl/N-ethyl adjacent to an activating group) is 1. The SMILES string of the molecule is Cc1nn(-c2ccccc2)c(C)c1CN(C)CC(=O)N1CCN(c2ncccn2)CC1. The summed E-state index contributed by atoms with van der Waals surface area (Å²) in [5.74, 6) is 0.884. The fraction of sp³-hybridized carbons (Fsp3) is 0.391. The van der Waals surface area contributed by atoms with Gasteiger partial charge in [-0.2, -0.15) is 5.10 Å². The van der Waals surface area contributed by atoms with Gasteiger partial charge in [0.2, 0.25) is 11.9 Å². The summed E-state index contributed by atoms with van der Waals surface area (Å²) in [4.78, 5) is 27.6. The second-order valence-electron chi connectivity index (χ2n) is 7.99. The highest BCUT2D eigenvalue weighted by atomic mass is 16.2. The molecule has 1 fully saturated rings. The first kappa shape index (κ1) is 21.0. The van der Waals surface area contributed by atoms with Crippen LogP contribution in [-0.4, -0.2) is 75.2 Å². The first-order chi connectivity index (χ1) is 15.0. The lowest BCUT2D eigenvalue weighted by molar-refractivity contribution is -0.132. The van der Waals surface area contributed by atoms with Crippen LogP contribution in [0.3, 0.4) is 0 Å². The molecule has 0 spiro atoms. The van der Waals surface area contributed by atoms with Crippen molar-refractivity contribution < 1.29 is 4.79 Å². The molecule has 2 aromatic heterocycles. The van der Waals surface area contributed by atoms with Crippen molar-refractivity contribution in [1.82, 2.24) is 29.5 Å². The van der Waals surface area contributed by atoms with E-state index in [4.69, 9.17) is 5.10 Å². The van der Waals surface area contributed by atoms with Crippen LogP contribution in [0, 0.1) is 13.8 Å². The van der Waals surface area contributed by atoms with Crippen molar-refractivity contribution in [3.8, 4) is 5.69 Å². The fourth-order valence-electron chi connectivity index (χ4n) is 3.99. The molecule has 0 aliphatic carbocycles. The Morgan fingerprint density at radius 1 is 1.00 bits per heavy atom. The molecule has 1 amide bonds. The Balaban J connectivity index is 1.34. The number of amides is 1. The van der Waals surface area contributed by atoms with Gasteiger partial charge in [0.05, 0.1) is 17.9 Å². The highest BCUT2D eigenvalue weighted by molar-refractivity contribution is 5.78. The van der Waals surface area contributed by atoms with Crippen molar-refractivity contribution in [3.05, 3.63) is 65.7 Å². The summed E-state index contributed by atoms with van der Waals surface area (Å²) in [7, 11) is 1.99. The zero-order chi connectivity index (χ0) is 21.8. The Kier molecular flexibility index (Phi) is 6.27. The van der Waals surface area contributed by atoms with E-state index in [9.17, 15) is 4.79 Å². The van der Waals surface area contributed by atoms with Crippen molar-refractivity contribution in [2.75, 3.05) is 44.7 Å². The van der Waals surface area contributed by atoms with E-state index in [0.717, 1.165) is 36.1 Å². The standard InChI is InChI=1S/C23H29N7O/c1-18-21(19(2)30(26-18)20-8-5-4-6-9-20)16-27(3)17-22(31)28-12-14-29(15-13-28)23-24-10-7-11-25-23/h4-11H,12-17H2,1-3H3. The van der Waals surface area contributed by atoms with Crippen LogP contribution in [0.5, 0.6) is 0 Å². The van der Waals surface area contributed by atoms with Gasteiger partial charge in [0.15, 0.2) is 0 Å². The lowest BCUT2D eigenvalue weighted by Gasteiger charge is -2.35. The maximum Gasteiger partial charge on any atom is 0.236 e. The molecular weight excluding hydrogens is 390 g/mol. The van der Waals surface area contributed by atoms with Gasteiger partial charge in [-0.25, -0.2) is 14.6 Å². The number of aromatic nitrogens is 4. The Labute approximate surface area is 183 Å². The Morgan fingerprint density at radius 2 is 1.68 bits per heavy atom. The summed E-state index contributed by atoms with van der Waals surface area (Å²) < 4.78 is 1.98. The fourth-order valence-corrected chi connectivity index (χ4v) is 3.99. The minimum Gasteiger partial charge on any atom is -0.338 e. The summed E-state index contributed by atoms with van der Waals surface area (Å²) >= 11 is 0. The number of carbonyl (C=O) groups is 1. The van der Waals surface area contributed by atoms with Gasteiger partial charge in [-0.15, -0.1) is 0 Å². The number of rotatable bonds is 6. The van der Waals surface area contributed by atoms with Crippen molar-refractivity contribution in [1.29, 1.82) is 0 Å². The van der Waals surface area contributed by atoms with E-state index < -0.39 is 0 Å². The van der Waals surface area contributed by atoms with Crippen LogP contribution >= 0.6 is 0 Å². The van der Waals surface area contributed by atoms with Crippen LogP contribution in [0.1, 0.15) is 17.0 Å². The van der Waals surface area contributed by atoms with Crippen LogP contribution in [0.25, 0.3) is 5.69 Å². The van der Waals surface area contributed by atoms with Crippen molar-refractivity contribution in [2.24, 2.45) is 0 Å². The first-order valence-electron chi connectivity index (χ1n) is 10.6.